The van der Waals surface area contributed by atoms with Crippen molar-refractivity contribution < 1.29 is 9.26 Å². The van der Waals surface area contributed by atoms with Gasteiger partial charge in [0.25, 0.3) is 0 Å². The van der Waals surface area contributed by atoms with Crippen LogP contribution >= 0.6 is 0 Å². The first kappa shape index (κ1) is 15.6. The molecule has 6 nitrogen and oxygen atoms in total. The molecule has 1 N–H and O–H groups in total. The van der Waals surface area contributed by atoms with Gasteiger partial charge in [0.05, 0.1) is 11.3 Å². The van der Waals surface area contributed by atoms with Crippen LogP contribution in [-0.2, 0) is 11.3 Å². The summed E-state index contributed by atoms with van der Waals surface area (Å²) in [6, 6.07) is 7.95. The van der Waals surface area contributed by atoms with E-state index in [2.05, 4.69) is 20.4 Å². The van der Waals surface area contributed by atoms with E-state index >= 15 is 0 Å². The van der Waals surface area contributed by atoms with E-state index < -0.39 is 0 Å². The third-order valence-corrected chi connectivity index (χ3v) is 5.11. The lowest BCUT2D eigenvalue weighted by molar-refractivity contribution is -0.136. The van der Waals surface area contributed by atoms with Crippen LogP contribution in [0.3, 0.4) is 0 Å². The van der Waals surface area contributed by atoms with Crippen molar-refractivity contribution in [3.63, 3.8) is 0 Å². The minimum absolute atomic E-state index is 0.0462. The summed E-state index contributed by atoms with van der Waals surface area (Å²) in [4.78, 5) is 6.70. The summed E-state index contributed by atoms with van der Waals surface area (Å²) in [7, 11) is 0. The third kappa shape index (κ3) is 3.16. The molecule has 128 valence electrons. The number of ether oxygens (including phenoxy) is 1. The molecule has 2 aliphatic rings. The van der Waals surface area contributed by atoms with Gasteiger partial charge in [-0.1, -0.05) is 11.2 Å². The highest BCUT2D eigenvalue weighted by Crippen LogP contribution is 2.42. The summed E-state index contributed by atoms with van der Waals surface area (Å²) in [6.45, 7) is 6.58. The summed E-state index contributed by atoms with van der Waals surface area (Å²) in [6.07, 6.45) is 4.09. The van der Waals surface area contributed by atoms with E-state index in [1.54, 1.807) is 0 Å². The number of hydrogen-bond acceptors (Lipinski definition) is 6. The summed E-state index contributed by atoms with van der Waals surface area (Å²) >= 11 is 0. The maximum atomic E-state index is 6.14. The quantitative estimate of drug-likeness (QED) is 0.879. The monoisotopic (exact) mass is 328 g/mol. The molecule has 0 aliphatic carbocycles. The van der Waals surface area contributed by atoms with Crippen LogP contribution in [0, 0.1) is 12.8 Å². The molecule has 1 spiro atoms. The Morgan fingerprint density at radius 3 is 3.04 bits per heavy atom. The number of rotatable bonds is 6. The van der Waals surface area contributed by atoms with Crippen molar-refractivity contribution in [3.05, 3.63) is 41.9 Å². The van der Waals surface area contributed by atoms with E-state index in [0.717, 1.165) is 62.9 Å². The van der Waals surface area contributed by atoms with Crippen LogP contribution in [0.1, 0.15) is 24.3 Å². The highest BCUT2D eigenvalue weighted by atomic mass is 16.5. The minimum Gasteiger partial charge on any atom is -0.372 e. The van der Waals surface area contributed by atoms with Crippen molar-refractivity contribution in [2.45, 2.75) is 31.9 Å². The van der Waals surface area contributed by atoms with Crippen molar-refractivity contribution in [3.8, 4) is 0 Å². The van der Waals surface area contributed by atoms with Gasteiger partial charge in [-0.05, 0) is 37.8 Å². The SMILES string of the molecule is Cc1cc(CN2CC3(C2)OCC[C@H]3CCNc2ccccn2)no1. The van der Waals surface area contributed by atoms with Crippen molar-refractivity contribution in [2.24, 2.45) is 5.92 Å². The average Bonchev–Trinajstić information content (AvgIpc) is 3.15. The molecule has 2 fully saturated rings. The first-order valence-electron chi connectivity index (χ1n) is 8.67. The number of aryl methyl sites for hydroxylation is 1. The number of nitrogens with zero attached hydrogens (tertiary/aromatic N) is 3. The van der Waals surface area contributed by atoms with E-state index in [1.807, 2.05) is 37.4 Å². The van der Waals surface area contributed by atoms with Gasteiger partial charge >= 0.3 is 0 Å². The Labute approximate surface area is 142 Å². The fraction of sp³-hybridized carbons (Fsp3) is 0.556. The fourth-order valence-electron chi connectivity index (χ4n) is 3.93. The number of nitrogens with one attached hydrogen (secondary N) is 1. The minimum atomic E-state index is 0.0462. The lowest BCUT2D eigenvalue weighted by atomic mass is 9.79. The predicted octanol–water partition coefficient (Wildman–Crippen LogP) is 2.47. The molecule has 2 aromatic rings. The maximum Gasteiger partial charge on any atom is 0.133 e. The van der Waals surface area contributed by atoms with Gasteiger partial charge in [0.1, 0.15) is 11.6 Å². The first-order valence-corrected chi connectivity index (χ1v) is 8.67. The highest BCUT2D eigenvalue weighted by Gasteiger charge is 2.52. The zero-order chi connectivity index (χ0) is 16.4. The molecule has 4 heterocycles. The first-order chi connectivity index (χ1) is 11.7. The van der Waals surface area contributed by atoms with E-state index in [0.29, 0.717) is 5.92 Å². The molecule has 2 saturated heterocycles. The van der Waals surface area contributed by atoms with Crippen LogP contribution in [0.2, 0.25) is 0 Å². The molecule has 2 aliphatic heterocycles. The van der Waals surface area contributed by atoms with Crippen molar-refractivity contribution in [2.75, 3.05) is 31.6 Å². The molecule has 0 aromatic carbocycles. The molecule has 2 aromatic heterocycles. The number of likely N-dealkylation sites (tertiary alicyclic amines) is 1. The molecular weight excluding hydrogens is 304 g/mol. The highest BCUT2D eigenvalue weighted by molar-refractivity contribution is 5.32. The van der Waals surface area contributed by atoms with E-state index in [4.69, 9.17) is 9.26 Å². The molecular formula is C18H24N4O2. The van der Waals surface area contributed by atoms with Crippen LogP contribution in [-0.4, -0.2) is 46.9 Å². The topological polar surface area (TPSA) is 63.4 Å². The van der Waals surface area contributed by atoms with Gasteiger partial charge in [-0.25, -0.2) is 4.98 Å². The van der Waals surface area contributed by atoms with Crippen LogP contribution in [0.15, 0.2) is 35.0 Å². The second kappa shape index (κ2) is 6.53. The standard InChI is InChI=1S/C18H24N4O2/c1-14-10-16(21-24-14)11-22-12-18(13-22)15(6-9-23-18)5-8-20-17-4-2-3-7-19-17/h2-4,7,10,15H,5-6,8-9,11-13H2,1H3,(H,19,20)/t15-/m1/s1. The van der Waals surface area contributed by atoms with Gasteiger partial charge in [-0.2, -0.15) is 0 Å². The van der Waals surface area contributed by atoms with Gasteiger partial charge in [-0.15, -0.1) is 0 Å². The van der Waals surface area contributed by atoms with Crippen molar-refractivity contribution in [1.82, 2.24) is 15.0 Å². The van der Waals surface area contributed by atoms with Crippen LogP contribution in [0.5, 0.6) is 0 Å². The molecule has 1 atom stereocenters. The van der Waals surface area contributed by atoms with Gasteiger partial charge in [-0.3, -0.25) is 4.90 Å². The Hall–Kier alpha value is -1.92. The lowest BCUT2D eigenvalue weighted by Gasteiger charge is -2.50. The van der Waals surface area contributed by atoms with Crippen molar-refractivity contribution in [1.29, 1.82) is 0 Å². The number of pyridine rings is 1. The van der Waals surface area contributed by atoms with Gasteiger partial charge in [0.15, 0.2) is 0 Å². The summed E-state index contributed by atoms with van der Waals surface area (Å²) < 4.78 is 11.3. The second-order valence-electron chi connectivity index (χ2n) is 6.90. The van der Waals surface area contributed by atoms with E-state index in [9.17, 15) is 0 Å². The molecule has 0 amide bonds. The van der Waals surface area contributed by atoms with Gasteiger partial charge < -0.3 is 14.6 Å². The van der Waals surface area contributed by atoms with Crippen LogP contribution in [0.25, 0.3) is 0 Å². The average molecular weight is 328 g/mol. The Balaban J connectivity index is 1.26. The second-order valence-corrected chi connectivity index (χ2v) is 6.90. The summed E-state index contributed by atoms with van der Waals surface area (Å²) in [5, 5.41) is 7.49. The summed E-state index contributed by atoms with van der Waals surface area (Å²) in [5.41, 5.74) is 1.05. The Bertz CT molecular complexity index is 667. The zero-order valence-corrected chi connectivity index (χ0v) is 14.1. The Morgan fingerprint density at radius 2 is 2.29 bits per heavy atom. The van der Waals surface area contributed by atoms with Crippen LogP contribution < -0.4 is 5.32 Å². The normalized spacial score (nSPS) is 22.6. The molecule has 0 unspecified atom stereocenters. The third-order valence-electron chi connectivity index (χ3n) is 5.11. The molecule has 0 saturated carbocycles. The summed E-state index contributed by atoms with van der Waals surface area (Å²) in [5.74, 6) is 2.43. The Kier molecular flexibility index (Phi) is 4.24. The predicted molar refractivity (Wildman–Crippen MR) is 90.7 cm³/mol. The molecule has 6 heteroatoms. The molecule has 24 heavy (non-hydrogen) atoms. The fourth-order valence-corrected chi connectivity index (χ4v) is 3.93. The number of hydrogen-bond donors (Lipinski definition) is 1. The molecule has 4 rings (SSSR count). The molecule has 0 radical (unpaired) electrons. The molecule has 0 bridgehead atoms. The van der Waals surface area contributed by atoms with E-state index in [-0.39, 0.29) is 5.60 Å². The number of anilines is 1. The van der Waals surface area contributed by atoms with Gasteiger partial charge in [0.2, 0.25) is 0 Å². The maximum absolute atomic E-state index is 6.14. The van der Waals surface area contributed by atoms with Crippen LogP contribution in [0.4, 0.5) is 5.82 Å². The van der Waals surface area contributed by atoms with Crippen molar-refractivity contribution >= 4 is 5.82 Å². The smallest absolute Gasteiger partial charge is 0.133 e. The van der Waals surface area contributed by atoms with Gasteiger partial charge in [0, 0.05) is 45.0 Å². The Morgan fingerprint density at radius 1 is 1.38 bits per heavy atom. The largest absolute Gasteiger partial charge is 0.372 e. The zero-order valence-electron chi connectivity index (χ0n) is 14.1. The number of aromatic nitrogens is 2. The lowest BCUT2D eigenvalue weighted by Crippen LogP contribution is -2.64. The van der Waals surface area contributed by atoms with E-state index in [1.165, 1.54) is 0 Å².